The van der Waals surface area contributed by atoms with Gasteiger partial charge in [0.25, 0.3) is 0 Å². The van der Waals surface area contributed by atoms with E-state index in [1.165, 1.54) is 12.1 Å². The van der Waals surface area contributed by atoms with E-state index in [4.69, 9.17) is 5.73 Å². The number of hydrogen-bond acceptors (Lipinski definition) is 2. The summed E-state index contributed by atoms with van der Waals surface area (Å²) in [5.74, 6) is -0.273. The minimum absolute atomic E-state index is 0.246. The topological polar surface area (TPSA) is 38.9 Å². The summed E-state index contributed by atoms with van der Waals surface area (Å²) in [6.07, 6.45) is 4.12. The molecule has 0 saturated carbocycles. The number of benzene rings is 1. The molecule has 4 heteroatoms. The first-order valence-electron chi connectivity index (χ1n) is 5.26. The maximum atomic E-state index is 13.2. The quantitative estimate of drug-likeness (QED) is 0.944. The number of nitrogens with two attached hydrogens (primary N) is 1. The first-order chi connectivity index (χ1) is 8.16. The van der Waals surface area contributed by atoms with Gasteiger partial charge < -0.3 is 5.73 Å². The fourth-order valence-electron chi connectivity index (χ4n) is 1.68. The average Bonchev–Trinajstić information content (AvgIpc) is 2.33. The molecule has 17 heavy (non-hydrogen) atoms. The molecule has 0 amide bonds. The molecular formula is C13H12BrFN2. The number of pyridine rings is 1. The number of nitrogens with zero attached hydrogens (tertiary/aromatic N) is 1. The van der Waals surface area contributed by atoms with Crippen LogP contribution in [0.4, 0.5) is 4.39 Å². The van der Waals surface area contributed by atoms with Crippen molar-refractivity contribution in [2.75, 3.05) is 0 Å². The van der Waals surface area contributed by atoms with Gasteiger partial charge in [-0.3, -0.25) is 4.98 Å². The average molecular weight is 295 g/mol. The van der Waals surface area contributed by atoms with E-state index in [9.17, 15) is 4.39 Å². The Balaban J connectivity index is 2.20. The first kappa shape index (κ1) is 12.2. The molecule has 0 bridgehead atoms. The molecule has 1 aromatic carbocycles. The van der Waals surface area contributed by atoms with Gasteiger partial charge in [0.1, 0.15) is 5.82 Å². The molecule has 88 valence electrons. The summed E-state index contributed by atoms with van der Waals surface area (Å²) in [5, 5.41) is 0. The smallest absolute Gasteiger partial charge is 0.123 e. The third kappa shape index (κ3) is 3.11. The monoisotopic (exact) mass is 294 g/mol. The number of aromatic nitrogens is 1. The van der Waals surface area contributed by atoms with Gasteiger partial charge in [-0.05, 0) is 41.8 Å². The maximum Gasteiger partial charge on any atom is 0.123 e. The molecule has 0 radical (unpaired) electrons. The minimum Gasteiger partial charge on any atom is -0.324 e. The molecule has 0 fully saturated rings. The van der Waals surface area contributed by atoms with E-state index in [2.05, 4.69) is 20.9 Å². The minimum atomic E-state index is -0.273. The summed E-state index contributed by atoms with van der Waals surface area (Å²) in [5.41, 5.74) is 7.88. The van der Waals surface area contributed by atoms with Crippen LogP contribution in [0, 0.1) is 5.82 Å². The van der Waals surface area contributed by atoms with Crippen LogP contribution >= 0.6 is 15.9 Å². The molecule has 2 N–H and O–H groups in total. The van der Waals surface area contributed by atoms with Gasteiger partial charge in [-0.2, -0.15) is 0 Å². The van der Waals surface area contributed by atoms with Crippen molar-refractivity contribution in [2.24, 2.45) is 5.73 Å². The Morgan fingerprint density at radius 2 is 2.18 bits per heavy atom. The summed E-state index contributed by atoms with van der Waals surface area (Å²) in [6, 6.07) is 8.12. The highest BCUT2D eigenvalue weighted by Crippen LogP contribution is 2.25. The lowest BCUT2D eigenvalue weighted by Gasteiger charge is -2.13. The Labute approximate surface area is 108 Å². The van der Waals surface area contributed by atoms with Crippen LogP contribution < -0.4 is 5.73 Å². The Morgan fingerprint density at radius 3 is 2.88 bits per heavy atom. The summed E-state index contributed by atoms with van der Waals surface area (Å²) >= 11 is 3.38. The summed E-state index contributed by atoms with van der Waals surface area (Å²) in [7, 11) is 0. The Kier molecular flexibility index (Phi) is 3.86. The van der Waals surface area contributed by atoms with E-state index >= 15 is 0 Å². The van der Waals surface area contributed by atoms with E-state index in [1.54, 1.807) is 18.5 Å². The zero-order chi connectivity index (χ0) is 12.3. The molecule has 2 rings (SSSR count). The molecule has 1 heterocycles. The van der Waals surface area contributed by atoms with Crippen LogP contribution in [0.15, 0.2) is 47.2 Å². The third-order valence-corrected chi connectivity index (χ3v) is 3.26. The molecule has 0 aliphatic carbocycles. The predicted octanol–water partition coefficient (Wildman–Crippen LogP) is 3.23. The molecule has 1 atom stereocenters. The molecule has 2 nitrogen and oxygen atoms in total. The van der Waals surface area contributed by atoms with Gasteiger partial charge >= 0.3 is 0 Å². The van der Waals surface area contributed by atoms with Crippen LogP contribution in [-0.4, -0.2) is 4.98 Å². The van der Waals surface area contributed by atoms with E-state index in [0.29, 0.717) is 6.42 Å². The highest BCUT2D eigenvalue weighted by atomic mass is 79.9. The molecule has 1 unspecified atom stereocenters. The molecule has 0 aliphatic rings. The van der Waals surface area contributed by atoms with Crippen molar-refractivity contribution in [3.8, 4) is 0 Å². The van der Waals surface area contributed by atoms with Crippen molar-refractivity contribution < 1.29 is 4.39 Å². The zero-order valence-electron chi connectivity index (χ0n) is 9.11. The van der Waals surface area contributed by atoms with Crippen molar-refractivity contribution >= 4 is 15.9 Å². The third-order valence-electron chi connectivity index (χ3n) is 2.54. The largest absolute Gasteiger partial charge is 0.324 e. The number of hydrogen-bond donors (Lipinski definition) is 1. The van der Waals surface area contributed by atoms with E-state index < -0.39 is 0 Å². The van der Waals surface area contributed by atoms with Crippen LogP contribution in [0.2, 0.25) is 0 Å². The van der Waals surface area contributed by atoms with E-state index in [1.807, 2.05) is 12.1 Å². The second-order valence-electron chi connectivity index (χ2n) is 3.84. The van der Waals surface area contributed by atoms with Crippen LogP contribution in [0.25, 0.3) is 0 Å². The Hall–Kier alpha value is -1.26. The number of rotatable bonds is 3. The first-order valence-corrected chi connectivity index (χ1v) is 6.05. The highest BCUT2D eigenvalue weighted by Gasteiger charge is 2.11. The number of halogens is 2. The fourth-order valence-corrected chi connectivity index (χ4v) is 2.22. The van der Waals surface area contributed by atoms with E-state index in [0.717, 1.165) is 15.6 Å². The van der Waals surface area contributed by atoms with Gasteiger partial charge in [0.05, 0.1) is 0 Å². The second-order valence-corrected chi connectivity index (χ2v) is 4.69. The Bertz CT molecular complexity index is 502. The van der Waals surface area contributed by atoms with Crippen molar-refractivity contribution in [2.45, 2.75) is 12.5 Å². The summed E-state index contributed by atoms with van der Waals surface area (Å²) < 4.78 is 14.0. The lowest BCUT2D eigenvalue weighted by molar-refractivity contribution is 0.617. The zero-order valence-corrected chi connectivity index (χ0v) is 10.7. The second kappa shape index (κ2) is 5.38. The van der Waals surface area contributed by atoms with Gasteiger partial charge in [0.15, 0.2) is 0 Å². The van der Waals surface area contributed by atoms with Crippen molar-refractivity contribution in [1.29, 1.82) is 0 Å². The summed E-state index contributed by atoms with van der Waals surface area (Å²) in [6.45, 7) is 0. The SMILES string of the molecule is NC(Cc1cccnc1)c1cc(F)ccc1Br. The van der Waals surface area contributed by atoms with E-state index in [-0.39, 0.29) is 11.9 Å². The molecule has 0 aliphatic heterocycles. The van der Waals surface area contributed by atoms with Crippen molar-refractivity contribution in [3.63, 3.8) is 0 Å². The molecule has 0 saturated heterocycles. The molecule has 2 aromatic rings. The van der Waals surface area contributed by atoms with Gasteiger partial charge in [0, 0.05) is 22.9 Å². The standard InChI is InChI=1S/C13H12BrFN2/c14-12-4-3-10(15)7-11(12)13(16)6-9-2-1-5-17-8-9/h1-5,7-8,13H,6,16H2. The van der Waals surface area contributed by atoms with Crippen LogP contribution in [-0.2, 0) is 6.42 Å². The lowest BCUT2D eigenvalue weighted by Crippen LogP contribution is -2.14. The molecule has 1 aromatic heterocycles. The van der Waals surface area contributed by atoms with Crippen molar-refractivity contribution in [1.82, 2.24) is 4.98 Å². The predicted molar refractivity (Wildman–Crippen MR) is 69.0 cm³/mol. The fraction of sp³-hybridized carbons (Fsp3) is 0.154. The maximum absolute atomic E-state index is 13.2. The lowest BCUT2D eigenvalue weighted by atomic mass is 10.0. The highest BCUT2D eigenvalue weighted by molar-refractivity contribution is 9.10. The molecule has 0 spiro atoms. The van der Waals surface area contributed by atoms with Gasteiger partial charge in [-0.1, -0.05) is 22.0 Å². The summed E-state index contributed by atoms with van der Waals surface area (Å²) in [4.78, 5) is 4.03. The van der Waals surface area contributed by atoms with Gasteiger partial charge in [-0.25, -0.2) is 4.39 Å². The van der Waals surface area contributed by atoms with Gasteiger partial charge in [-0.15, -0.1) is 0 Å². The normalized spacial score (nSPS) is 12.4. The van der Waals surface area contributed by atoms with Gasteiger partial charge in [0.2, 0.25) is 0 Å². The molecular weight excluding hydrogens is 283 g/mol. The van der Waals surface area contributed by atoms with Crippen LogP contribution in [0.3, 0.4) is 0 Å². The van der Waals surface area contributed by atoms with Crippen molar-refractivity contribution in [3.05, 3.63) is 64.1 Å². The van der Waals surface area contributed by atoms with Crippen LogP contribution in [0.1, 0.15) is 17.2 Å². The van der Waals surface area contributed by atoms with Crippen LogP contribution in [0.5, 0.6) is 0 Å². The Morgan fingerprint density at radius 1 is 1.35 bits per heavy atom.